The predicted molar refractivity (Wildman–Crippen MR) is 67.1 cm³/mol. The number of nitrogens with zero attached hydrogens (tertiary/aromatic N) is 2. The third kappa shape index (κ3) is 2.30. The number of nitro groups is 1. The van der Waals surface area contributed by atoms with Crippen LogP contribution in [0.25, 0.3) is 0 Å². The van der Waals surface area contributed by atoms with Gasteiger partial charge in [0.1, 0.15) is 5.69 Å². The van der Waals surface area contributed by atoms with E-state index in [0.717, 1.165) is 18.8 Å². The summed E-state index contributed by atoms with van der Waals surface area (Å²) in [6, 6.07) is 3.24. The fourth-order valence-electron chi connectivity index (χ4n) is 1.97. The average molecular weight is 253 g/mol. The summed E-state index contributed by atoms with van der Waals surface area (Å²) in [7, 11) is 1.39. The van der Waals surface area contributed by atoms with E-state index in [1.807, 2.05) is 0 Å². The van der Waals surface area contributed by atoms with Crippen LogP contribution >= 0.6 is 0 Å². The van der Waals surface area contributed by atoms with Crippen molar-refractivity contribution in [3.63, 3.8) is 0 Å². The molecular weight excluding hydrogens is 238 g/mol. The number of nitrogen functional groups attached to an aromatic ring is 1. The van der Waals surface area contributed by atoms with Gasteiger partial charge >= 0.3 is 5.69 Å². The molecule has 0 radical (unpaired) electrons. The second-order valence-corrected chi connectivity index (χ2v) is 3.94. The molecule has 0 aromatic heterocycles. The molecule has 1 heterocycles. The predicted octanol–water partition coefficient (Wildman–Crippen LogP) is 1.02. The molecule has 0 saturated carbocycles. The molecular formula is C11H15N3O4. The highest BCUT2D eigenvalue weighted by Crippen LogP contribution is 2.37. The molecule has 7 heteroatoms. The van der Waals surface area contributed by atoms with Crippen molar-refractivity contribution in [2.24, 2.45) is 0 Å². The molecule has 1 aromatic carbocycles. The van der Waals surface area contributed by atoms with Gasteiger partial charge in [-0.1, -0.05) is 0 Å². The number of methoxy groups -OCH3 is 1. The molecule has 0 aliphatic carbocycles. The van der Waals surface area contributed by atoms with E-state index in [4.69, 9.17) is 15.2 Å². The molecule has 1 fully saturated rings. The minimum absolute atomic E-state index is 0.112. The SMILES string of the molecule is COc1cc(N2CCOCC2)cc(N)c1[N+](=O)[O-]. The van der Waals surface area contributed by atoms with Gasteiger partial charge in [0, 0.05) is 24.8 Å². The first-order chi connectivity index (χ1) is 8.63. The molecule has 2 rings (SSSR count). The Morgan fingerprint density at radius 3 is 2.67 bits per heavy atom. The van der Waals surface area contributed by atoms with Crippen LogP contribution in [-0.2, 0) is 4.74 Å². The second-order valence-electron chi connectivity index (χ2n) is 3.94. The van der Waals surface area contributed by atoms with Crippen molar-refractivity contribution in [1.29, 1.82) is 0 Å². The Labute approximate surface area is 104 Å². The summed E-state index contributed by atoms with van der Waals surface area (Å²) in [4.78, 5) is 12.4. The molecule has 1 aliphatic heterocycles. The molecule has 0 unspecified atom stereocenters. The Balaban J connectivity index is 2.38. The maximum atomic E-state index is 10.9. The average Bonchev–Trinajstić information content (AvgIpc) is 2.38. The third-order valence-electron chi connectivity index (χ3n) is 2.87. The van der Waals surface area contributed by atoms with E-state index in [0.29, 0.717) is 13.2 Å². The van der Waals surface area contributed by atoms with Crippen molar-refractivity contribution >= 4 is 17.1 Å². The number of nitro benzene ring substituents is 1. The number of anilines is 2. The number of nitrogens with two attached hydrogens (primary N) is 1. The van der Waals surface area contributed by atoms with Crippen LogP contribution in [0.4, 0.5) is 17.1 Å². The quantitative estimate of drug-likeness (QED) is 0.491. The Bertz CT molecular complexity index is 458. The van der Waals surface area contributed by atoms with Gasteiger partial charge in [0.05, 0.1) is 25.2 Å². The van der Waals surface area contributed by atoms with E-state index < -0.39 is 4.92 Å². The number of morpholine rings is 1. The third-order valence-corrected chi connectivity index (χ3v) is 2.87. The molecule has 0 spiro atoms. The van der Waals surface area contributed by atoms with Crippen LogP contribution in [0.15, 0.2) is 12.1 Å². The van der Waals surface area contributed by atoms with Crippen molar-refractivity contribution in [2.45, 2.75) is 0 Å². The molecule has 1 aromatic rings. The van der Waals surface area contributed by atoms with E-state index >= 15 is 0 Å². The highest BCUT2D eigenvalue weighted by molar-refractivity contribution is 5.73. The summed E-state index contributed by atoms with van der Waals surface area (Å²) < 4.78 is 10.3. The van der Waals surface area contributed by atoms with Crippen LogP contribution in [0.3, 0.4) is 0 Å². The smallest absolute Gasteiger partial charge is 0.333 e. The molecule has 18 heavy (non-hydrogen) atoms. The lowest BCUT2D eigenvalue weighted by Crippen LogP contribution is -2.36. The number of hydrogen-bond donors (Lipinski definition) is 1. The van der Waals surface area contributed by atoms with E-state index in [1.54, 1.807) is 12.1 Å². The van der Waals surface area contributed by atoms with Gasteiger partial charge in [0.15, 0.2) is 0 Å². The molecule has 1 saturated heterocycles. The molecule has 7 nitrogen and oxygen atoms in total. The number of rotatable bonds is 3. The zero-order valence-corrected chi connectivity index (χ0v) is 10.1. The standard InChI is InChI=1S/C11H15N3O4/c1-17-10-7-8(13-2-4-18-5-3-13)6-9(12)11(10)14(15)16/h6-7H,2-5,12H2,1H3. The lowest BCUT2D eigenvalue weighted by atomic mass is 10.2. The maximum absolute atomic E-state index is 10.9. The van der Waals surface area contributed by atoms with Crippen LogP contribution in [-0.4, -0.2) is 38.3 Å². The van der Waals surface area contributed by atoms with Gasteiger partial charge in [0.2, 0.25) is 5.75 Å². The first-order valence-corrected chi connectivity index (χ1v) is 5.58. The molecule has 0 bridgehead atoms. The van der Waals surface area contributed by atoms with Gasteiger partial charge in [0.25, 0.3) is 0 Å². The summed E-state index contributed by atoms with van der Waals surface area (Å²) in [5.41, 5.74) is 6.47. The second kappa shape index (κ2) is 5.09. The molecule has 0 amide bonds. The Kier molecular flexibility index (Phi) is 3.52. The van der Waals surface area contributed by atoms with Gasteiger partial charge in [-0.2, -0.15) is 0 Å². The lowest BCUT2D eigenvalue weighted by Gasteiger charge is -2.29. The van der Waals surface area contributed by atoms with E-state index in [-0.39, 0.29) is 17.1 Å². The number of benzene rings is 1. The van der Waals surface area contributed by atoms with Gasteiger partial charge in [-0.3, -0.25) is 10.1 Å². The van der Waals surface area contributed by atoms with E-state index in [9.17, 15) is 10.1 Å². The largest absolute Gasteiger partial charge is 0.490 e. The van der Waals surface area contributed by atoms with Crippen molar-refractivity contribution in [3.8, 4) is 5.75 Å². The fraction of sp³-hybridized carbons (Fsp3) is 0.455. The van der Waals surface area contributed by atoms with Crippen LogP contribution in [0, 0.1) is 10.1 Å². The zero-order valence-electron chi connectivity index (χ0n) is 10.1. The number of hydrogen-bond acceptors (Lipinski definition) is 6. The zero-order chi connectivity index (χ0) is 13.1. The summed E-state index contributed by atoms with van der Waals surface area (Å²) >= 11 is 0. The normalized spacial score (nSPS) is 15.5. The van der Waals surface area contributed by atoms with Crippen molar-refractivity contribution < 1.29 is 14.4 Å². The minimum Gasteiger partial charge on any atom is -0.490 e. The Hall–Kier alpha value is -2.02. The van der Waals surface area contributed by atoms with E-state index in [1.165, 1.54) is 7.11 Å². The van der Waals surface area contributed by atoms with Crippen LogP contribution < -0.4 is 15.4 Å². The molecule has 98 valence electrons. The fourth-order valence-corrected chi connectivity index (χ4v) is 1.97. The number of ether oxygens (including phenoxy) is 2. The van der Waals surface area contributed by atoms with Crippen LogP contribution in [0.2, 0.25) is 0 Å². The van der Waals surface area contributed by atoms with Crippen molar-refractivity contribution in [2.75, 3.05) is 44.0 Å². The van der Waals surface area contributed by atoms with Gasteiger partial charge in [-0.15, -0.1) is 0 Å². The lowest BCUT2D eigenvalue weighted by molar-refractivity contribution is -0.384. The monoisotopic (exact) mass is 253 g/mol. The highest BCUT2D eigenvalue weighted by atomic mass is 16.6. The minimum atomic E-state index is -0.530. The molecule has 1 aliphatic rings. The first-order valence-electron chi connectivity index (χ1n) is 5.58. The van der Waals surface area contributed by atoms with E-state index in [2.05, 4.69) is 4.90 Å². The Morgan fingerprint density at radius 1 is 1.44 bits per heavy atom. The molecule has 2 N–H and O–H groups in total. The summed E-state index contributed by atoms with van der Waals surface area (Å²) in [5.74, 6) is 0.182. The van der Waals surface area contributed by atoms with Crippen LogP contribution in [0.5, 0.6) is 5.75 Å². The van der Waals surface area contributed by atoms with Crippen LogP contribution in [0.1, 0.15) is 0 Å². The highest BCUT2D eigenvalue weighted by Gasteiger charge is 2.22. The summed E-state index contributed by atoms with van der Waals surface area (Å²) in [5, 5.41) is 10.9. The van der Waals surface area contributed by atoms with Crippen molar-refractivity contribution in [1.82, 2.24) is 0 Å². The Morgan fingerprint density at radius 2 is 2.11 bits per heavy atom. The summed E-state index contributed by atoms with van der Waals surface area (Å²) in [6.45, 7) is 2.75. The summed E-state index contributed by atoms with van der Waals surface area (Å²) in [6.07, 6.45) is 0. The maximum Gasteiger partial charge on any atom is 0.333 e. The van der Waals surface area contributed by atoms with Gasteiger partial charge in [-0.05, 0) is 6.07 Å². The topological polar surface area (TPSA) is 90.9 Å². The van der Waals surface area contributed by atoms with Gasteiger partial charge in [-0.25, -0.2) is 0 Å². The van der Waals surface area contributed by atoms with Crippen molar-refractivity contribution in [3.05, 3.63) is 22.2 Å². The first kappa shape index (κ1) is 12.4. The van der Waals surface area contributed by atoms with Gasteiger partial charge < -0.3 is 20.1 Å². The molecule has 0 atom stereocenters.